The van der Waals surface area contributed by atoms with Gasteiger partial charge in [0.25, 0.3) is 5.91 Å². The number of para-hydroxylation sites is 1. The highest BCUT2D eigenvalue weighted by Crippen LogP contribution is 2.15. The van der Waals surface area contributed by atoms with Gasteiger partial charge in [-0.3, -0.25) is 4.79 Å². The monoisotopic (exact) mass is 359 g/mol. The van der Waals surface area contributed by atoms with Crippen molar-refractivity contribution >= 4 is 29.2 Å². The van der Waals surface area contributed by atoms with Crippen molar-refractivity contribution in [3.05, 3.63) is 59.4 Å². The van der Waals surface area contributed by atoms with Gasteiger partial charge in [0.05, 0.1) is 5.56 Å². The summed E-state index contributed by atoms with van der Waals surface area (Å²) in [5.41, 5.74) is 1.43. The lowest BCUT2D eigenvalue weighted by atomic mass is 10.2. The average Bonchev–Trinajstić information content (AvgIpc) is 2.66. The second kappa shape index (κ2) is 7.98. The van der Waals surface area contributed by atoms with E-state index in [0.717, 1.165) is 18.8 Å². The average molecular weight is 360 g/mol. The summed E-state index contributed by atoms with van der Waals surface area (Å²) >= 11 is 5.74. The fraction of sp³-hybridized carbons (Fsp3) is 0.278. The van der Waals surface area contributed by atoms with Gasteiger partial charge in [0, 0.05) is 38.1 Å². The number of piperazine rings is 1. The zero-order valence-electron chi connectivity index (χ0n) is 13.6. The minimum atomic E-state index is -0.583. The highest BCUT2D eigenvalue weighted by molar-refractivity contribution is 6.29. The van der Waals surface area contributed by atoms with Gasteiger partial charge in [0.2, 0.25) is 0 Å². The van der Waals surface area contributed by atoms with Crippen molar-refractivity contribution in [3.8, 4) is 0 Å². The topological polar surface area (TPSA) is 62.7 Å². The standard InChI is InChI=1S/C18H18ClN3O3/c19-16-12-14(6-7-20-16)18(24)25-13-17(23)22-10-8-21(9-11-22)15-4-2-1-3-5-15/h1-7,12H,8-11,13H2. The molecule has 1 aromatic heterocycles. The van der Waals surface area contributed by atoms with Gasteiger partial charge in [0.15, 0.2) is 6.61 Å². The van der Waals surface area contributed by atoms with Crippen molar-refractivity contribution in [1.29, 1.82) is 0 Å². The van der Waals surface area contributed by atoms with Crippen molar-refractivity contribution in [2.75, 3.05) is 37.7 Å². The van der Waals surface area contributed by atoms with Crippen LogP contribution in [0.4, 0.5) is 5.69 Å². The van der Waals surface area contributed by atoms with E-state index in [1.54, 1.807) is 4.90 Å². The van der Waals surface area contributed by atoms with E-state index < -0.39 is 5.97 Å². The van der Waals surface area contributed by atoms with E-state index in [-0.39, 0.29) is 23.2 Å². The summed E-state index contributed by atoms with van der Waals surface area (Å²) in [6.45, 7) is 2.44. The summed E-state index contributed by atoms with van der Waals surface area (Å²) in [7, 11) is 0. The number of amides is 1. The van der Waals surface area contributed by atoms with Crippen LogP contribution in [0.3, 0.4) is 0 Å². The Morgan fingerprint density at radius 2 is 1.80 bits per heavy atom. The van der Waals surface area contributed by atoms with Gasteiger partial charge in [0.1, 0.15) is 5.15 Å². The van der Waals surface area contributed by atoms with Gasteiger partial charge in [-0.2, -0.15) is 0 Å². The van der Waals surface area contributed by atoms with Crippen LogP contribution < -0.4 is 4.90 Å². The maximum Gasteiger partial charge on any atom is 0.338 e. The summed E-state index contributed by atoms with van der Waals surface area (Å²) in [5.74, 6) is -0.776. The Morgan fingerprint density at radius 1 is 1.08 bits per heavy atom. The lowest BCUT2D eigenvalue weighted by Crippen LogP contribution is -2.49. The normalized spacial score (nSPS) is 14.3. The number of carbonyl (C=O) groups is 2. The smallest absolute Gasteiger partial charge is 0.338 e. The van der Waals surface area contributed by atoms with E-state index >= 15 is 0 Å². The number of ether oxygens (including phenoxy) is 1. The third-order valence-electron chi connectivity index (χ3n) is 4.04. The van der Waals surface area contributed by atoms with Gasteiger partial charge in [-0.25, -0.2) is 9.78 Å². The Morgan fingerprint density at radius 3 is 2.48 bits per heavy atom. The number of anilines is 1. The van der Waals surface area contributed by atoms with E-state index in [9.17, 15) is 9.59 Å². The van der Waals surface area contributed by atoms with Crippen molar-refractivity contribution < 1.29 is 14.3 Å². The fourth-order valence-corrected chi connectivity index (χ4v) is 2.86. The number of carbonyl (C=O) groups excluding carboxylic acids is 2. The van der Waals surface area contributed by atoms with Crippen LogP contribution in [0.2, 0.25) is 5.15 Å². The van der Waals surface area contributed by atoms with Crippen LogP contribution in [0.1, 0.15) is 10.4 Å². The number of halogens is 1. The molecule has 0 bridgehead atoms. The number of esters is 1. The van der Waals surface area contributed by atoms with E-state index in [1.807, 2.05) is 18.2 Å². The molecule has 0 radical (unpaired) electrons. The van der Waals surface area contributed by atoms with E-state index in [0.29, 0.717) is 13.1 Å². The molecule has 0 atom stereocenters. The Kier molecular flexibility index (Phi) is 5.50. The molecule has 0 N–H and O–H groups in total. The first-order valence-electron chi connectivity index (χ1n) is 8.00. The zero-order chi connectivity index (χ0) is 17.6. The van der Waals surface area contributed by atoms with Gasteiger partial charge < -0.3 is 14.5 Å². The number of aromatic nitrogens is 1. The molecule has 7 heteroatoms. The molecule has 0 saturated carbocycles. The van der Waals surface area contributed by atoms with Gasteiger partial charge >= 0.3 is 5.97 Å². The molecule has 130 valence electrons. The molecule has 1 aliphatic rings. The number of rotatable bonds is 4. The highest BCUT2D eigenvalue weighted by atomic mass is 35.5. The molecular formula is C18H18ClN3O3. The highest BCUT2D eigenvalue weighted by Gasteiger charge is 2.22. The summed E-state index contributed by atoms with van der Waals surface area (Å²) < 4.78 is 5.08. The molecule has 1 fully saturated rings. The Hall–Kier alpha value is -2.60. The van der Waals surface area contributed by atoms with Gasteiger partial charge in [-0.05, 0) is 24.3 Å². The number of nitrogens with zero attached hydrogens (tertiary/aromatic N) is 3. The van der Waals surface area contributed by atoms with Crippen LogP contribution >= 0.6 is 11.6 Å². The van der Waals surface area contributed by atoms with Gasteiger partial charge in [-0.1, -0.05) is 29.8 Å². The van der Waals surface area contributed by atoms with Crippen molar-refractivity contribution in [3.63, 3.8) is 0 Å². The molecule has 1 amide bonds. The van der Waals surface area contributed by atoms with Crippen LogP contribution in [-0.2, 0) is 9.53 Å². The molecule has 2 heterocycles. The maximum atomic E-state index is 12.2. The number of hydrogen-bond acceptors (Lipinski definition) is 5. The predicted molar refractivity (Wildman–Crippen MR) is 94.8 cm³/mol. The van der Waals surface area contributed by atoms with E-state index in [4.69, 9.17) is 16.3 Å². The van der Waals surface area contributed by atoms with Crippen LogP contribution in [0.15, 0.2) is 48.7 Å². The molecule has 1 aliphatic heterocycles. The molecule has 2 aromatic rings. The molecule has 1 aromatic carbocycles. The number of pyridine rings is 1. The minimum Gasteiger partial charge on any atom is -0.452 e. The number of hydrogen-bond donors (Lipinski definition) is 0. The largest absolute Gasteiger partial charge is 0.452 e. The second-order valence-corrected chi connectivity index (χ2v) is 6.03. The van der Waals surface area contributed by atoms with Crippen LogP contribution in [-0.4, -0.2) is 54.5 Å². The van der Waals surface area contributed by atoms with Crippen molar-refractivity contribution in [2.45, 2.75) is 0 Å². The lowest BCUT2D eigenvalue weighted by molar-refractivity contribution is -0.134. The Bertz CT molecular complexity index is 746. The third kappa shape index (κ3) is 4.48. The third-order valence-corrected chi connectivity index (χ3v) is 4.25. The first-order chi connectivity index (χ1) is 12.1. The predicted octanol–water partition coefficient (Wildman–Crippen LogP) is 2.24. The maximum absolute atomic E-state index is 12.2. The van der Waals surface area contributed by atoms with Crippen molar-refractivity contribution in [2.24, 2.45) is 0 Å². The molecule has 3 rings (SSSR count). The molecule has 1 saturated heterocycles. The SMILES string of the molecule is O=C(OCC(=O)N1CCN(c2ccccc2)CC1)c1ccnc(Cl)c1. The molecular weight excluding hydrogens is 342 g/mol. The summed E-state index contributed by atoms with van der Waals surface area (Å²) in [5, 5.41) is 0.206. The summed E-state index contributed by atoms with van der Waals surface area (Å²) in [6.07, 6.45) is 1.42. The van der Waals surface area contributed by atoms with Gasteiger partial charge in [-0.15, -0.1) is 0 Å². The fourth-order valence-electron chi connectivity index (χ4n) is 2.68. The summed E-state index contributed by atoms with van der Waals surface area (Å²) in [6, 6.07) is 13.0. The molecule has 0 spiro atoms. The molecule has 0 unspecified atom stereocenters. The van der Waals surface area contributed by atoms with Crippen LogP contribution in [0.25, 0.3) is 0 Å². The van der Waals surface area contributed by atoms with Crippen LogP contribution in [0.5, 0.6) is 0 Å². The molecule has 25 heavy (non-hydrogen) atoms. The Labute approximate surface area is 151 Å². The van der Waals surface area contributed by atoms with Crippen LogP contribution in [0, 0.1) is 0 Å². The van der Waals surface area contributed by atoms with Crippen molar-refractivity contribution in [1.82, 2.24) is 9.88 Å². The molecule has 0 aliphatic carbocycles. The summed E-state index contributed by atoms with van der Waals surface area (Å²) in [4.78, 5) is 31.9. The lowest BCUT2D eigenvalue weighted by Gasteiger charge is -2.36. The first kappa shape index (κ1) is 17.2. The second-order valence-electron chi connectivity index (χ2n) is 5.65. The zero-order valence-corrected chi connectivity index (χ0v) is 14.4. The number of benzene rings is 1. The molecule has 6 nitrogen and oxygen atoms in total. The minimum absolute atomic E-state index is 0.193. The Balaban J connectivity index is 1.47. The van der Waals surface area contributed by atoms with E-state index in [1.165, 1.54) is 18.3 Å². The quantitative estimate of drug-likeness (QED) is 0.619. The van der Waals surface area contributed by atoms with E-state index in [2.05, 4.69) is 22.0 Å². The first-order valence-corrected chi connectivity index (χ1v) is 8.38.